The molecule has 2 N–H and O–H groups in total. The van der Waals surface area contributed by atoms with E-state index in [1.165, 1.54) is 13.8 Å². The molecule has 24 heavy (non-hydrogen) atoms. The van der Waals surface area contributed by atoms with Crippen LogP contribution in [-0.4, -0.2) is 25.1 Å². The second kappa shape index (κ2) is 5.23. The van der Waals surface area contributed by atoms with Crippen molar-refractivity contribution in [2.75, 3.05) is 5.32 Å². The van der Waals surface area contributed by atoms with E-state index in [0.717, 1.165) is 16.5 Å². The summed E-state index contributed by atoms with van der Waals surface area (Å²) in [5.74, 6) is 0.664. The number of halogens is 1. The second-order valence-corrected chi connectivity index (χ2v) is 6.02. The summed E-state index contributed by atoms with van der Waals surface area (Å²) in [6.07, 6.45) is 4.83. The van der Waals surface area contributed by atoms with Crippen LogP contribution in [0.2, 0.25) is 0 Å². The van der Waals surface area contributed by atoms with Crippen LogP contribution >= 0.6 is 0 Å². The summed E-state index contributed by atoms with van der Waals surface area (Å²) in [5.41, 5.74) is 0.991. The Bertz CT molecular complexity index is 1030. The number of anilines is 2. The summed E-state index contributed by atoms with van der Waals surface area (Å²) >= 11 is 0. The van der Waals surface area contributed by atoms with Crippen molar-refractivity contribution in [2.24, 2.45) is 0 Å². The van der Waals surface area contributed by atoms with E-state index >= 15 is 0 Å². The van der Waals surface area contributed by atoms with Gasteiger partial charge >= 0.3 is 0 Å². The average Bonchev–Trinajstić information content (AvgIpc) is 2.96. The minimum Gasteiger partial charge on any atom is -0.339 e. The van der Waals surface area contributed by atoms with Crippen LogP contribution in [0.15, 0.2) is 42.9 Å². The first-order valence-electron chi connectivity index (χ1n) is 7.52. The SMILES string of the molecule is CC(C)(F)c1nccc2cc(Nc3[nH]nc4nccnc34)ccc12. The molecular formula is C17H15FN6. The molecule has 120 valence electrons. The van der Waals surface area contributed by atoms with Crippen molar-refractivity contribution in [3.8, 4) is 0 Å². The summed E-state index contributed by atoms with van der Waals surface area (Å²) < 4.78 is 14.3. The highest BCUT2D eigenvalue weighted by molar-refractivity contribution is 5.90. The molecule has 0 amide bonds. The lowest BCUT2D eigenvalue weighted by Crippen LogP contribution is -2.12. The van der Waals surface area contributed by atoms with Crippen LogP contribution in [0.3, 0.4) is 0 Å². The zero-order chi connectivity index (χ0) is 16.7. The minimum absolute atomic E-state index is 0.435. The molecule has 0 aliphatic carbocycles. The molecule has 0 fully saturated rings. The summed E-state index contributed by atoms with van der Waals surface area (Å²) in [6.45, 7) is 3.02. The molecule has 1 aromatic carbocycles. The lowest BCUT2D eigenvalue weighted by Gasteiger charge is -2.16. The van der Waals surface area contributed by atoms with E-state index in [-0.39, 0.29) is 0 Å². The van der Waals surface area contributed by atoms with Crippen LogP contribution in [0.5, 0.6) is 0 Å². The molecule has 0 bridgehead atoms. The van der Waals surface area contributed by atoms with Gasteiger partial charge in [0, 0.05) is 29.7 Å². The average molecular weight is 322 g/mol. The maximum atomic E-state index is 14.3. The van der Waals surface area contributed by atoms with E-state index in [2.05, 4.69) is 30.5 Å². The molecule has 0 spiro atoms. The highest BCUT2D eigenvalue weighted by Gasteiger charge is 2.23. The van der Waals surface area contributed by atoms with Crippen LogP contribution in [0.25, 0.3) is 21.9 Å². The molecule has 0 unspecified atom stereocenters. The zero-order valence-electron chi connectivity index (χ0n) is 13.2. The Morgan fingerprint density at radius 1 is 1.04 bits per heavy atom. The number of nitrogens with one attached hydrogen (secondary N) is 2. The Kier molecular flexibility index (Phi) is 3.16. The van der Waals surface area contributed by atoms with Gasteiger partial charge in [-0.2, -0.15) is 5.10 Å². The smallest absolute Gasteiger partial charge is 0.201 e. The fourth-order valence-corrected chi connectivity index (χ4v) is 2.71. The van der Waals surface area contributed by atoms with Crippen LogP contribution < -0.4 is 5.32 Å². The maximum Gasteiger partial charge on any atom is 0.201 e. The molecule has 6 nitrogen and oxygen atoms in total. The Balaban J connectivity index is 1.76. The van der Waals surface area contributed by atoms with E-state index < -0.39 is 5.67 Å². The van der Waals surface area contributed by atoms with Gasteiger partial charge in [0.1, 0.15) is 5.67 Å². The molecule has 0 saturated carbocycles. The summed E-state index contributed by atoms with van der Waals surface area (Å²) in [4.78, 5) is 12.6. The molecule has 7 heteroatoms. The van der Waals surface area contributed by atoms with Gasteiger partial charge < -0.3 is 5.32 Å². The van der Waals surface area contributed by atoms with E-state index in [9.17, 15) is 4.39 Å². The first kappa shape index (κ1) is 14.5. The number of H-pyrrole nitrogens is 1. The third kappa shape index (κ3) is 2.44. The number of hydrogen-bond acceptors (Lipinski definition) is 5. The monoisotopic (exact) mass is 322 g/mol. The Morgan fingerprint density at radius 2 is 1.88 bits per heavy atom. The number of benzene rings is 1. The minimum atomic E-state index is -1.50. The van der Waals surface area contributed by atoms with Crippen LogP contribution in [0.4, 0.5) is 15.9 Å². The predicted octanol–water partition coefficient (Wildman–Crippen LogP) is 3.85. The Hall–Kier alpha value is -3.09. The highest BCUT2D eigenvalue weighted by atomic mass is 19.1. The Labute approximate surface area is 137 Å². The van der Waals surface area contributed by atoms with Gasteiger partial charge in [0.2, 0.25) is 5.65 Å². The third-order valence-corrected chi connectivity index (χ3v) is 3.79. The highest BCUT2D eigenvalue weighted by Crippen LogP contribution is 2.31. The fraction of sp³-hybridized carbons (Fsp3) is 0.176. The van der Waals surface area contributed by atoms with Crippen molar-refractivity contribution in [3.63, 3.8) is 0 Å². The topological polar surface area (TPSA) is 79.4 Å². The van der Waals surface area contributed by atoms with E-state index in [4.69, 9.17) is 0 Å². The standard InChI is InChI=1S/C17H15FN6/c1-17(2,18)14-12-4-3-11(9-10(12)5-6-20-14)22-16-13-15(23-24-16)21-8-7-19-13/h3-9H,1-2H3,(H2,21,22,23,24). The number of fused-ring (bicyclic) bond motifs is 2. The van der Waals surface area contributed by atoms with E-state index in [1.54, 1.807) is 18.6 Å². The first-order chi connectivity index (χ1) is 11.5. The number of aromatic amines is 1. The van der Waals surface area contributed by atoms with Gasteiger partial charge in [-0.25, -0.2) is 14.4 Å². The van der Waals surface area contributed by atoms with Crippen molar-refractivity contribution in [1.29, 1.82) is 0 Å². The van der Waals surface area contributed by atoms with Gasteiger partial charge in [-0.1, -0.05) is 6.07 Å². The third-order valence-electron chi connectivity index (χ3n) is 3.79. The van der Waals surface area contributed by atoms with Crippen LogP contribution in [0.1, 0.15) is 19.5 Å². The number of pyridine rings is 1. The molecular weight excluding hydrogens is 307 g/mol. The normalized spacial score (nSPS) is 12.0. The van der Waals surface area contributed by atoms with Gasteiger partial charge in [0.05, 0.1) is 5.69 Å². The van der Waals surface area contributed by atoms with Crippen molar-refractivity contribution < 1.29 is 4.39 Å². The molecule has 0 atom stereocenters. The largest absolute Gasteiger partial charge is 0.339 e. The molecule has 4 aromatic rings. The zero-order valence-corrected chi connectivity index (χ0v) is 13.2. The van der Waals surface area contributed by atoms with Crippen molar-refractivity contribution in [1.82, 2.24) is 25.1 Å². The van der Waals surface area contributed by atoms with E-state index in [1.807, 2.05) is 24.3 Å². The van der Waals surface area contributed by atoms with Crippen LogP contribution in [0, 0.1) is 0 Å². The number of rotatable bonds is 3. The number of hydrogen-bond donors (Lipinski definition) is 2. The quantitative estimate of drug-likeness (QED) is 0.599. The predicted molar refractivity (Wildman–Crippen MR) is 90.8 cm³/mol. The Morgan fingerprint density at radius 3 is 2.71 bits per heavy atom. The summed E-state index contributed by atoms with van der Waals surface area (Å²) in [7, 11) is 0. The lowest BCUT2D eigenvalue weighted by atomic mass is 9.99. The maximum absolute atomic E-state index is 14.3. The first-order valence-corrected chi connectivity index (χ1v) is 7.52. The molecule has 3 heterocycles. The van der Waals surface area contributed by atoms with E-state index in [0.29, 0.717) is 22.7 Å². The fourth-order valence-electron chi connectivity index (χ4n) is 2.71. The van der Waals surface area contributed by atoms with Gasteiger partial charge in [-0.3, -0.25) is 10.1 Å². The summed E-state index contributed by atoms with van der Waals surface area (Å²) in [5, 5.41) is 11.9. The van der Waals surface area contributed by atoms with Gasteiger partial charge in [-0.15, -0.1) is 0 Å². The molecule has 0 aliphatic heterocycles. The number of nitrogens with zero attached hydrogens (tertiary/aromatic N) is 4. The van der Waals surface area contributed by atoms with Crippen molar-refractivity contribution >= 4 is 33.4 Å². The number of aromatic nitrogens is 5. The van der Waals surface area contributed by atoms with Crippen LogP contribution in [-0.2, 0) is 5.67 Å². The van der Waals surface area contributed by atoms with Crippen molar-refractivity contribution in [2.45, 2.75) is 19.5 Å². The second-order valence-electron chi connectivity index (χ2n) is 6.02. The van der Waals surface area contributed by atoms with Crippen molar-refractivity contribution in [3.05, 3.63) is 48.5 Å². The van der Waals surface area contributed by atoms with Gasteiger partial charge in [0.25, 0.3) is 0 Å². The molecule has 0 aliphatic rings. The molecule has 3 aromatic heterocycles. The van der Waals surface area contributed by atoms with Gasteiger partial charge in [0.15, 0.2) is 11.3 Å². The number of alkyl halides is 1. The lowest BCUT2D eigenvalue weighted by molar-refractivity contribution is 0.217. The molecule has 0 radical (unpaired) electrons. The molecule has 0 saturated heterocycles. The molecule has 4 rings (SSSR count). The summed E-state index contributed by atoms with van der Waals surface area (Å²) in [6, 6.07) is 7.55. The van der Waals surface area contributed by atoms with Gasteiger partial charge in [-0.05, 0) is 37.4 Å².